The fraction of sp³-hybridized carbons (Fsp3) is 0.435. The number of amides is 2. The standard InChI is InChI=1S/C23H29N3O2/c1-4-23(3,22(28)25-18-9-5-6-10-18)26(19-14-12-17(2)13-15-19)21(27)20-11-7-8-16-24-20/h7-8,11-16,18H,4-6,9-10H2,1-3H3,(H,25,28)/t23-/m1/s1. The van der Waals surface area contributed by atoms with Crippen LogP contribution < -0.4 is 10.2 Å². The molecule has 0 spiro atoms. The Balaban J connectivity index is 2.00. The second-order valence-corrected chi connectivity index (χ2v) is 7.77. The number of nitrogens with one attached hydrogen (secondary N) is 1. The number of carbonyl (C=O) groups is 2. The van der Waals surface area contributed by atoms with E-state index in [1.807, 2.05) is 45.0 Å². The second kappa shape index (κ2) is 8.55. The first kappa shape index (κ1) is 20.1. The van der Waals surface area contributed by atoms with Crippen molar-refractivity contribution in [2.45, 2.75) is 64.5 Å². The van der Waals surface area contributed by atoms with E-state index in [4.69, 9.17) is 0 Å². The lowest BCUT2D eigenvalue weighted by Gasteiger charge is -2.40. The van der Waals surface area contributed by atoms with Gasteiger partial charge in [0.15, 0.2) is 0 Å². The fourth-order valence-corrected chi connectivity index (χ4v) is 3.76. The van der Waals surface area contributed by atoms with Gasteiger partial charge in [0.2, 0.25) is 5.91 Å². The average Bonchev–Trinajstić information content (AvgIpc) is 3.23. The highest BCUT2D eigenvalue weighted by molar-refractivity contribution is 6.10. The Morgan fingerprint density at radius 2 is 1.82 bits per heavy atom. The Morgan fingerprint density at radius 1 is 1.14 bits per heavy atom. The molecular weight excluding hydrogens is 350 g/mol. The maximum absolute atomic E-state index is 13.5. The molecule has 2 aromatic rings. The Morgan fingerprint density at radius 3 is 2.39 bits per heavy atom. The minimum atomic E-state index is -1.01. The number of nitrogens with zero attached hydrogens (tertiary/aromatic N) is 2. The van der Waals surface area contributed by atoms with Crippen molar-refractivity contribution in [2.24, 2.45) is 0 Å². The summed E-state index contributed by atoms with van der Waals surface area (Å²) in [6.07, 6.45) is 6.39. The van der Waals surface area contributed by atoms with Crippen LogP contribution in [0.5, 0.6) is 0 Å². The van der Waals surface area contributed by atoms with Crippen molar-refractivity contribution in [1.29, 1.82) is 0 Å². The monoisotopic (exact) mass is 379 g/mol. The Bertz CT molecular complexity index is 814. The van der Waals surface area contributed by atoms with Gasteiger partial charge in [-0.15, -0.1) is 0 Å². The molecule has 1 heterocycles. The molecule has 0 radical (unpaired) electrons. The highest BCUT2D eigenvalue weighted by Gasteiger charge is 2.43. The molecule has 1 aromatic carbocycles. The van der Waals surface area contributed by atoms with Crippen LogP contribution in [0, 0.1) is 6.92 Å². The van der Waals surface area contributed by atoms with Crippen LogP contribution in [0.3, 0.4) is 0 Å². The molecule has 1 aliphatic rings. The molecule has 0 bridgehead atoms. The third kappa shape index (κ3) is 4.08. The van der Waals surface area contributed by atoms with Crippen molar-refractivity contribution in [3.05, 3.63) is 59.9 Å². The van der Waals surface area contributed by atoms with Gasteiger partial charge in [-0.1, -0.05) is 43.5 Å². The van der Waals surface area contributed by atoms with Crippen molar-refractivity contribution in [2.75, 3.05) is 4.90 Å². The number of anilines is 1. The maximum Gasteiger partial charge on any atom is 0.277 e. The van der Waals surface area contributed by atoms with Crippen molar-refractivity contribution in [3.63, 3.8) is 0 Å². The van der Waals surface area contributed by atoms with Gasteiger partial charge in [-0.3, -0.25) is 19.5 Å². The van der Waals surface area contributed by atoms with E-state index in [2.05, 4.69) is 10.3 Å². The van der Waals surface area contributed by atoms with Crippen molar-refractivity contribution in [1.82, 2.24) is 10.3 Å². The van der Waals surface area contributed by atoms with Gasteiger partial charge in [0.25, 0.3) is 5.91 Å². The number of hydrogen-bond acceptors (Lipinski definition) is 3. The van der Waals surface area contributed by atoms with Gasteiger partial charge in [0, 0.05) is 17.9 Å². The van der Waals surface area contributed by atoms with E-state index in [0.717, 1.165) is 31.2 Å². The van der Waals surface area contributed by atoms with Crippen LogP contribution in [0.4, 0.5) is 5.69 Å². The molecule has 1 fully saturated rings. The van der Waals surface area contributed by atoms with E-state index in [-0.39, 0.29) is 17.9 Å². The van der Waals surface area contributed by atoms with Crippen LogP contribution in [0.1, 0.15) is 62.0 Å². The van der Waals surface area contributed by atoms with Gasteiger partial charge in [-0.25, -0.2) is 0 Å². The zero-order valence-corrected chi connectivity index (χ0v) is 16.9. The molecule has 1 N–H and O–H groups in total. The Hall–Kier alpha value is -2.69. The zero-order valence-electron chi connectivity index (χ0n) is 16.9. The lowest BCUT2D eigenvalue weighted by Crippen LogP contribution is -2.60. The Kier molecular flexibility index (Phi) is 6.12. The second-order valence-electron chi connectivity index (χ2n) is 7.77. The largest absolute Gasteiger partial charge is 0.351 e. The van der Waals surface area contributed by atoms with Gasteiger partial charge in [-0.05, 0) is 57.4 Å². The van der Waals surface area contributed by atoms with Crippen LogP contribution in [0.25, 0.3) is 0 Å². The first-order valence-electron chi connectivity index (χ1n) is 10.1. The average molecular weight is 380 g/mol. The lowest BCUT2D eigenvalue weighted by atomic mass is 9.92. The molecule has 2 amide bonds. The summed E-state index contributed by atoms with van der Waals surface area (Å²) in [4.78, 5) is 32.6. The molecular formula is C23H29N3O2. The molecule has 1 atom stereocenters. The van der Waals surface area contributed by atoms with Gasteiger partial charge >= 0.3 is 0 Å². The van der Waals surface area contributed by atoms with E-state index < -0.39 is 5.54 Å². The molecule has 0 aliphatic heterocycles. The molecule has 28 heavy (non-hydrogen) atoms. The van der Waals surface area contributed by atoms with Crippen LogP contribution in [0.2, 0.25) is 0 Å². The van der Waals surface area contributed by atoms with Gasteiger partial charge < -0.3 is 5.32 Å². The summed E-state index contributed by atoms with van der Waals surface area (Å²) < 4.78 is 0. The number of pyridine rings is 1. The summed E-state index contributed by atoms with van der Waals surface area (Å²) in [5, 5.41) is 3.19. The maximum atomic E-state index is 13.5. The van der Waals surface area contributed by atoms with E-state index in [1.54, 1.807) is 29.3 Å². The number of aryl methyl sites for hydroxylation is 1. The molecule has 0 unspecified atom stereocenters. The summed E-state index contributed by atoms with van der Waals surface area (Å²) >= 11 is 0. The summed E-state index contributed by atoms with van der Waals surface area (Å²) in [7, 11) is 0. The van der Waals surface area contributed by atoms with E-state index in [0.29, 0.717) is 17.8 Å². The highest BCUT2D eigenvalue weighted by atomic mass is 16.2. The number of rotatable bonds is 6. The summed E-state index contributed by atoms with van der Waals surface area (Å²) in [6.45, 7) is 5.79. The molecule has 1 aliphatic carbocycles. The minimum absolute atomic E-state index is 0.105. The predicted molar refractivity (Wildman–Crippen MR) is 111 cm³/mol. The molecule has 5 heteroatoms. The van der Waals surface area contributed by atoms with E-state index in [1.165, 1.54) is 0 Å². The van der Waals surface area contributed by atoms with Crippen molar-refractivity contribution >= 4 is 17.5 Å². The topological polar surface area (TPSA) is 62.3 Å². The Labute approximate surface area is 167 Å². The van der Waals surface area contributed by atoms with E-state index in [9.17, 15) is 9.59 Å². The van der Waals surface area contributed by atoms with Crippen molar-refractivity contribution in [3.8, 4) is 0 Å². The molecule has 148 valence electrons. The third-order valence-electron chi connectivity index (χ3n) is 5.74. The van der Waals surface area contributed by atoms with Crippen LogP contribution in [-0.2, 0) is 4.79 Å². The van der Waals surface area contributed by atoms with Crippen LogP contribution in [0.15, 0.2) is 48.7 Å². The molecule has 1 aromatic heterocycles. The zero-order chi connectivity index (χ0) is 20.1. The van der Waals surface area contributed by atoms with Crippen LogP contribution >= 0.6 is 0 Å². The quantitative estimate of drug-likeness (QED) is 0.815. The SMILES string of the molecule is CC[C@](C)(C(=O)NC1CCCC1)N(C(=O)c1ccccn1)c1ccc(C)cc1. The third-order valence-corrected chi connectivity index (χ3v) is 5.74. The fourth-order valence-electron chi connectivity index (χ4n) is 3.76. The first-order valence-corrected chi connectivity index (χ1v) is 10.1. The summed E-state index contributed by atoms with van der Waals surface area (Å²) in [5.41, 5.74) is 1.12. The van der Waals surface area contributed by atoms with E-state index >= 15 is 0 Å². The molecule has 5 nitrogen and oxygen atoms in total. The predicted octanol–water partition coefficient (Wildman–Crippen LogP) is 4.26. The number of benzene rings is 1. The van der Waals surface area contributed by atoms with Crippen molar-refractivity contribution < 1.29 is 9.59 Å². The summed E-state index contributed by atoms with van der Waals surface area (Å²) in [6, 6.07) is 13.2. The first-order chi connectivity index (χ1) is 13.5. The number of hydrogen-bond donors (Lipinski definition) is 1. The van der Waals surface area contributed by atoms with Gasteiger partial charge in [-0.2, -0.15) is 0 Å². The number of aromatic nitrogens is 1. The van der Waals surface area contributed by atoms with Crippen LogP contribution in [-0.4, -0.2) is 28.4 Å². The van der Waals surface area contributed by atoms with Gasteiger partial charge in [0.05, 0.1) is 0 Å². The highest BCUT2D eigenvalue weighted by Crippen LogP contribution is 2.30. The molecule has 3 rings (SSSR count). The summed E-state index contributed by atoms with van der Waals surface area (Å²) in [5.74, 6) is -0.373. The van der Waals surface area contributed by atoms with Gasteiger partial charge in [0.1, 0.15) is 11.2 Å². The molecule has 1 saturated carbocycles. The normalized spacial score (nSPS) is 16.4. The molecule has 0 saturated heterocycles. The smallest absolute Gasteiger partial charge is 0.277 e. The minimum Gasteiger partial charge on any atom is -0.351 e. The lowest BCUT2D eigenvalue weighted by molar-refractivity contribution is -0.126. The number of carbonyl (C=O) groups excluding carboxylic acids is 2.